The van der Waals surface area contributed by atoms with Crippen molar-refractivity contribution >= 4 is 23.6 Å². The van der Waals surface area contributed by atoms with Crippen LogP contribution in [0.5, 0.6) is 0 Å². The molecule has 0 unspecified atom stereocenters. The van der Waals surface area contributed by atoms with Gasteiger partial charge in [-0.2, -0.15) is 0 Å². The van der Waals surface area contributed by atoms with Gasteiger partial charge in [0.2, 0.25) is 5.91 Å². The zero-order chi connectivity index (χ0) is 13.8. The fourth-order valence-corrected chi connectivity index (χ4v) is 1.18. The summed E-state index contributed by atoms with van der Waals surface area (Å²) in [7, 11) is 0. The Morgan fingerprint density at radius 2 is 1.83 bits per heavy atom. The standard InChI is InChI=1S/C13H16N2O3/c1-13(2,12(17)18)15-11(16)8-5-9-3-6-10(14)7-4-9/h3-8H,14H2,1-2H3,(H,15,16)(H,17,18)/b8-5+. The number of anilines is 1. The van der Waals surface area contributed by atoms with Crippen LogP contribution in [0.3, 0.4) is 0 Å². The van der Waals surface area contributed by atoms with Crippen LogP contribution < -0.4 is 11.1 Å². The van der Waals surface area contributed by atoms with Gasteiger partial charge in [0.15, 0.2) is 0 Å². The van der Waals surface area contributed by atoms with E-state index in [2.05, 4.69) is 5.32 Å². The summed E-state index contributed by atoms with van der Waals surface area (Å²) in [5, 5.41) is 11.2. The number of aliphatic carboxylic acids is 1. The molecule has 0 radical (unpaired) electrons. The molecule has 0 aliphatic heterocycles. The molecular weight excluding hydrogens is 232 g/mol. The molecule has 0 heterocycles. The Kier molecular flexibility index (Phi) is 4.09. The highest BCUT2D eigenvalue weighted by Crippen LogP contribution is 2.07. The van der Waals surface area contributed by atoms with Crippen LogP contribution in [0.1, 0.15) is 19.4 Å². The molecule has 0 atom stereocenters. The number of nitrogens with two attached hydrogens (primary N) is 1. The van der Waals surface area contributed by atoms with Crippen molar-refractivity contribution in [2.75, 3.05) is 5.73 Å². The summed E-state index contributed by atoms with van der Waals surface area (Å²) in [6, 6.07) is 6.97. The largest absolute Gasteiger partial charge is 0.480 e. The van der Waals surface area contributed by atoms with Crippen molar-refractivity contribution in [2.45, 2.75) is 19.4 Å². The average Bonchev–Trinajstić information content (AvgIpc) is 2.27. The summed E-state index contributed by atoms with van der Waals surface area (Å²) in [6.07, 6.45) is 2.88. The van der Waals surface area contributed by atoms with Gasteiger partial charge in [-0.25, -0.2) is 4.79 Å². The van der Waals surface area contributed by atoms with E-state index >= 15 is 0 Å². The molecule has 1 rings (SSSR count). The number of nitrogens with one attached hydrogen (secondary N) is 1. The van der Waals surface area contributed by atoms with Gasteiger partial charge in [-0.15, -0.1) is 0 Å². The number of carboxylic acid groups (broad SMARTS) is 1. The van der Waals surface area contributed by atoms with Crippen LogP contribution in [0.25, 0.3) is 6.08 Å². The van der Waals surface area contributed by atoms with Crippen LogP contribution in [0, 0.1) is 0 Å². The number of carbonyl (C=O) groups excluding carboxylic acids is 1. The number of carboxylic acids is 1. The van der Waals surface area contributed by atoms with Crippen LogP contribution in [0.2, 0.25) is 0 Å². The fourth-order valence-electron chi connectivity index (χ4n) is 1.18. The van der Waals surface area contributed by atoms with Crippen molar-refractivity contribution in [3.05, 3.63) is 35.9 Å². The maximum atomic E-state index is 11.5. The Bertz CT molecular complexity index is 476. The zero-order valence-corrected chi connectivity index (χ0v) is 10.3. The third kappa shape index (κ3) is 3.93. The normalized spacial score (nSPS) is 11.4. The molecule has 4 N–H and O–H groups in total. The number of carbonyl (C=O) groups is 2. The Hall–Kier alpha value is -2.30. The monoisotopic (exact) mass is 248 g/mol. The number of nitrogen functional groups attached to an aromatic ring is 1. The second kappa shape index (κ2) is 5.35. The van der Waals surface area contributed by atoms with Gasteiger partial charge in [-0.1, -0.05) is 12.1 Å². The quantitative estimate of drug-likeness (QED) is 0.552. The molecule has 5 nitrogen and oxygen atoms in total. The van der Waals surface area contributed by atoms with Crippen molar-refractivity contribution in [3.8, 4) is 0 Å². The van der Waals surface area contributed by atoms with Crippen LogP contribution in [-0.2, 0) is 9.59 Å². The molecule has 1 amide bonds. The maximum Gasteiger partial charge on any atom is 0.328 e. The predicted molar refractivity (Wildman–Crippen MR) is 69.7 cm³/mol. The van der Waals surface area contributed by atoms with E-state index in [1.165, 1.54) is 19.9 Å². The van der Waals surface area contributed by atoms with E-state index in [1.54, 1.807) is 30.3 Å². The summed E-state index contributed by atoms with van der Waals surface area (Å²) in [5.74, 6) is -1.55. The summed E-state index contributed by atoms with van der Waals surface area (Å²) < 4.78 is 0. The third-order valence-corrected chi connectivity index (χ3v) is 2.33. The lowest BCUT2D eigenvalue weighted by Crippen LogP contribution is -2.49. The predicted octanol–water partition coefficient (Wildman–Crippen LogP) is 1.26. The van der Waals surface area contributed by atoms with Crippen LogP contribution >= 0.6 is 0 Å². The summed E-state index contributed by atoms with van der Waals surface area (Å²) in [4.78, 5) is 22.3. The number of benzene rings is 1. The van der Waals surface area contributed by atoms with E-state index in [9.17, 15) is 9.59 Å². The van der Waals surface area contributed by atoms with Gasteiger partial charge in [0, 0.05) is 11.8 Å². The van der Waals surface area contributed by atoms with Gasteiger partial charge in [0.05, 0.1) is 0 Å². The molecule has 0 saturated carbocycles. The first kappa shape index (κ1) is 13.8. The first-order valence-electron chi connectivity index (χ1n) is 5.40. The SMILES string of the molecule is CC(C)(NC(=O)/C=C/c1ccc(N)cc1)C(=O)O. The topological polar surface area (TPSA) is 92.4 Å². The van der Waals surface area contributed by atoms with Crippen molar-refractivity contribution < 1.29 is 14.7 Å². The molecule has 0 aliphatic rings. The molecule has 96 valence electrons. The van der Waals surface area contributed by atoms with Gasteiger partial charge in [-0.3, -0.25) is 4.79 Å². The van der Waals surface area contributed by atoms with Crippen molar-refractivity contribution in [3.63, 3.8) is 0 Å². The van der Waals surface area contributed by atoms with E-state index in [0.717, 1.165) is 5.56 Å². The molecule has 1 aromatic carbocycles. The molecule has 0 saturated heterocycles. The minimum atomic E-state index is -1.29. The molecule has 5 heteroatoms. The van der Waals surface area contributed by atoms with Crippen LogP contribution in [-0.4, -0.2) is 22.5 Å². The average molecular weight is 248 g/mol. The third-order valence-electron chi connectivity index (χ3n) is 2.33. The minimum absolute atomic E-state index is 0.459. The number of rotatable bonds is 4. The Labute approximate surface area is 105 Å². The molecule has 0 bridgehead atoms. The lowest BCUT2D eigenvalue weighted by Gasteiger charge is -2.19. The van der Waals surface area contributed by atoms with Crippen LogP contribution in [0.15, 0.2) is 30.3 Å². The highest BCUT2D eigenvalue weighted by molar-refractivity contribution is 5.95. The molecule has 18 heavy (non-hydrogen) atoms. The summed E-state index contributed by atoms with van der Waals surface area (Å²) in [5.41, 5.74) is 5.70. The number of amides is 1. The molecular formula is C13H16N2O3. The highest BCUT2D eigenvalue weighted by atomic mass is 16.4. The number of hydrogen-bond donors (Lipinski definition) is 3. The highest BCUT2D eigenvalue weighted by Gasteiger charge is 2.27. The van der Waals surface area contributed by atoms with Gasteiger partial charge in [-0.05, 0) is 37.6 Å². The number of hydrogen-bond acceptors (Lipinski definition) is 3. The van der Waals surface area contributed by atoms with Gasteiger partial charge in [0.1, 0.15) is 5.54 Å². The second-order valence-electron chi connectivity index (χ2n) is 4.42. The molecule has 0 fully saturated rings. The molecule has 0 aliphatic carbocycles. The molecule has 0 aromatic heterocycles. The van der Waals surface area contributed by atoms with Gasteiger partial charge in [0.25, 0.3) is 0 Å². The molecule has 0 spiro atoms. The minimum Gasteiger partial charge on any atom is -0.480 e. The Morgan fingerprint density at radius 3 is 2.33 bits per heavy atom. The van der Waals surface area contributed by atoms with Crippen molar-refractivity contribution in [1.29, 1.82) is 0 Å². The summed E-state index contributed by atoms with van der Waals surface area (Å²) >= 11 is 0. The lowest BCUT2D eigenvalue weighted by molar-refractivity contribution is -0.145. The zero-order valence-electron chi connectivity index (χ0n) is 10.3. The smallest absolute Gasteiger partial charge is 0.328 e. The second-order valence-corrected chi connectivity index (χ2v) is 4.42. The van der Waals surface area contributed by atoms with E-state index in [4.69, 9.17) is 10.8 Å². The first-order chi connectivity index (χ1) is 8.31. The maximum absolute atomic E-state index is 11.5. The van der Waals surface area contributed by atoms with Crippen molar-refractivity contribution in [2.24, 2.45) is 0 Å². The fraction of sp³-hybridized carbons (Fsp3) is 0.231. The van der Waals surface area contributed by atoms with Gasteiger partial charge < -0.3 is 16.2 Å². The first-order valence-corrected chi connectivity index (χ1v) is 5.40. The van der Waals surface area contributed by atoms with Crippen molar-refractivity contribution in [1.82, 2.24) is 5.32 Å². The van der Waals surface area contributed by atoms with E-state index in [-0.39, 0.29) is 0 Å². The van der Waals surface area contributed by atoms with Gasteiger partial charge >= 0.3 is 5.97 Å². The summed E-state index contributed by atoms with van der Waals surface area (Å²) in [6.45, 7) is 2.84. The Morgan fingerprint density at radius 1 is 1.28 bits per heavy atom. The van der Waals surface area contributed by atoms with E-state index in [1.807, 2.05) is 0 Å². The van der Waals surface area contributed by atoms with Crippen LogP contribution in [0.4, 0.5) is 5.69 Å². The van der Waals surface area contributed by atoms with E-state index in [0.29, 0.717) is 5.69 Å². The molecule has 1 aromatic rings. The lowest BCUT2D eigenvalue weighted by atomic mass is 10.1. The van der Waals surface area contributed by atoms with E-state index < -0.39 is 17.4 Å². The Balaban J connectivity index is 2.65.